The van der Waals surface area contributed by atoms with E-state index in [9.17, 15) is 14.5 Å². The fourth-order valence-electron chi connectivity index (χ4n) is 3.91. The number of nitrogens with zero attached hydrogens (tertiary/aromatic N) is 2. The van der Waals surface area contributed by atoms with Gasteiger partial charge in [-0.3, -0.25) is 15.0 Å². The predicted octanol–water partition coefficient (Wildman–Crippen LogP) is 3.71. The third-order valence-corrected chi connectivity index (χ3v) is 4.90. The summed E-state index contributed by atoms with van der Waals surface area (Å²) in [4.78, 5) is 13.3. The van der Waals surface area contributed by atoms with Crippen LogP contribution in [-0.4, -0.2) is 36.0 Å². The summed E-state index contributed by atoms with van der Waals surface area (Å²) in [6.45, 7) is 3.47. The van der Waals surface area contributed by atoms with E-state index in [0.29, 0.717) is 11.5 Å². The molecular weight excluding hydrogens is 356 g/mol. The van der Waals surface area contributed by atoms with Crippen molar-refractivity contribution < 1.29 is 9.31 Å². The first-order chi connectivity index (χ1) is 10.7. The molecule has 1 aliphatic carbocycles. The molecule has 0 spiro atoms. The highest BCUT2D eigenvalue weighted by molar-refractivity contribution is 5.85. The predicted molar refractivity (Wildman–Crippen MR) is 96.7 cm³/mol. The molecule has 1 aromatic rings. The molecule has 0 unspecified atom stereocenters. The zero-order chi connectivity index (χ0) is 15.5. The normalized spacial score (nSPS) is 20.0. The monoisotopic (exact) mass is 379 g/mol. The minimum atomic E-state index is -0.390. The highest BCUT2D eigenvalue weighted by Gasteiger charge is 2.35. The highest BCUT2D eigenvalue weighted by Crippen LogP contribution is 2.42. The van der Waals surface area contributed by atoms with Crippen molar-refractivity contribution in [1.82, 2.24) is 10.2 Å². The number of hydrogen-bond donors (Lipinski definition) is 1. The van der Waals surface area contributed by atoms with E-state index in [2.05, 4.69) is 10.2 Å². The summed E-state index contributed by atoms with van der Waals surface area (Å²) in [5.41, 5.74) is 0.607. The van der Waals surface area contributed by atoms with Crippen LogP contribution < -0.4 is 5.32 Å². The standard InChI is InChI=1S/C16H22FN3O2.2ClH/c17-13-5-6-15(20(21)22)14(11-13)16(12-3-1-2-4-12)19-9-7-18-8-10-19;;/h5-6,11-12,16,18H,1-4,7-10H2;2*1H/t16-;;/m0../s1. The van der Waals surface area contributed by atoms with Gasteiger partial charge >= 0.3 is 0 Å². The Kier molecular flexibility index (Phi) is 8.36. The van der Waals surface area contributed by atoms with E-state index < -0.39 is 5.82 Å². The number of hydrogen-bond acceptors (Lipinski definition) is 4. The number of nitro groups is 1. The van der Waals surface area contributed by atoms with Crippen molar-refractivity contribution in [2.75, 3.05) is 26.2 Å². The molecule has 1 heterocycles. The second kappa shape index (κ2) is 9.51. The topological polar surface area (TPSA) is 58.4 Å². The number of nitro benzene ring substituents is 1. The lowest BCUT2D eigenvalue weighted by Crippen LogP contribution is -2.46. The maximum Gasteiger partial charge on any atom is 0.274 e. The molecule has 1 aliphatic heterocycles. The molecule has 0 amide bonds. The summed E-state index contributed by atoms with van der Waals surface area (Å²) in [5.74, 6) is -0.00247. The maximum absolute atomic E-state index is 13.8. The molecule has 2 fully saturated rings. The number of halogens is 3. The molecule has 5 nitrogen and oxygen atoms in total. The molecule has 0 radical (unpaired) electrons. The van der Waals surface area contributed by atoms with Gasteiger partial charge in [0.05, 0.1) is 10.5 Å². The van der Waals surface area contributed by atoms with Gasteiger partial charge < -0.3 is 5.32 Å². The van der Waals surface area contributed by atoms with Gasteiger partial charge in [0.1, 0.15) is 5.82 Å². The fourth-order valence-corrected chi connectivity index (χ4v) is 3.91. The van der Waals surface area contributed by atoms with Gasteiger partial charge in [0, 0.05) is 38.3 Å². The molecule has 2 aliphatic rings. The largest absolute Gasteiger partial charge is 0.314 e. The van der Waals surface area contributed by atoms with Crippen LogP contribution in [0.5, 0.6) is 0 Å². The Hall–Kier alpha value is -0.950. The van der Waals surface area contributed by atoms with Gasteiger partial charge in [0.2, 0.25) is 0 Å². The smallest absolute Gasteiger partial charge is 0.274 e. The zero-order valence-electron chi connectivity index (χ0n) is 13.4. The molecule has 1 saturated carbocycles. The number of benzene rings is 1. The summed E-state index contributed by atoms with van der Waals surface area (Å²) in [5, 5.41) is 14.7. The molecule has 0 bridgehead atoms. The van der Waals surface area contributed by atoms with E-state index in [-0.39, 0.29) is 41.5 Å². The molecule has 1 atom stereocenters. The second-order valence-corrected chi connectivity index (χ2v) is 6.24. The van der Waals surface area contributed by atoms with Gasteiger partial charge in [-0.05, 0) is 30.9 Å². The van der Waals surface area contributed by atoms with Crippen LogP contribution in [0.1, 0.15) is 37.3 Å². The summed E-state index contributed by atoms with van der Waals surface area (Å²) in [7, 11) is 0. The van der Waals surface area contributed by atoms with Crippen LogP contribution in [0.3, 0.4) is 0 Å². The molecule has 136 valence electrons. The third-order valence-electron chi connectivity index (χ3n) is 4.90. The highest BCUT2D eigenvalue weighted by atomic mass is 35.5. The van der Waals surface area contributed by atoms with Crippen LogP contribution in [0.25, 0.3) is 0 Å². The van der Waals surface area contributed by atoms with Crippen molar-refractivity contribution in [2.24, 2.45) is 5.92 Å². The van der Waals surface area contributed by atoms with Gasteiger partial charge in [0.25, 0.3) is 5.69 Å². The van der Waals surface area contributed by atoms with Crippen molar-refractivity contribution in [1.29, 1.82) is 0 Å². The van der Waals surface area contributed by atoms with Crippen LogP contribution in [-0.2, 0) is 0 Å². The lowest BCUT2D eigenvalue weighted by atomic mass is 9.88. The van der Waals surface area contributed by atoms with Crippen molar-refractivity contribution in [2.45, 2.75) is 31.7 Å². The number of rotatable bonds is 4. The van der Waals surface area contributed by atoms with E-state index in [1.54, 1.807) is 0 Å². The summed E-state index contributed by atoms with van der Waals surface area (Å²) >= 11 is 0. The quantitative estimate of drug-likeness (QED) is 0.639. The Bertz CT molecular complexity index is 550. The fraction of sp³-hybridized carbons (Fsp3) is 0.625. The summed E-state index contributed by atoms with van der Waals surface area (Å²) < 4.78 is 13.8. The molecule has 0 aromatic heterocycles. The Balaban J connectivity index is 0.00000144. The van der Waals surface area contributed by atoms with Crippen LogP contribution in [0.4, 0.5) is 10.1 Å². The molecular formula is C16H24Cl2FN3O2. The first kappa shape index (κ1) is 21.1. The molecule has 1 saturated heterocycles. The van der Waals surface area contributed by atoms with Gasteiger partial charge in [-0.25, -0.2) is 4.39 Å². The number of nitrogens with one attached hydrogen (secondary N) is 1. The van der Waals surface area contributed by atoms with E-state index in [0.717, 1.165) is 51.9 Å². The first-order valence-corrected chi connectivity index (χ1v) is 8.05. The van der Waals surface area contributed by atoms with Crippen molar-refractivity contribution in [3.8, 4) is 0 Å². The van der Waals surface area contributed by atoms with Gasteiger partial charge in [-0.2, -0.15) is 0 Å². The van der Waals surface area contributed by atoms with E-state index in [1.807, 2.05) is 0 Å². The molecule has 1 N–H and O–H groups in total. The van der Waals surface area contributed by atoms with Crippen LogP contribution >= 0.6 is 24.8 Å². The van der Waals surface area contributed by atoms with Crippen LogP contribution in [0.2, 0.25) is 0 Å². The molecule has 8 heteroatoms. The third kappa shape index (κ3) is 4.57. The Morgan fingerprint density at radius 1 is 1.21 bits per heavy atom. The Morgan fingerprint density at radius 3 is 2.42 bits per heavy atom. The lowest BCUT2D eigenvalue weighted by Gasteiger charge is -2.38. The Morgan fingerprint density at radius 2 is 1.83 bits per heavy atom. The molecule has 3 rings (SSSR count). The van der Waals surface area contributed by atoms with Gasteiger partial charge in [0.15, 0.2) is 0 Å². The summed E-state index contributed by atoms with van der Waals surface area (Å²) in [6, 6.07) is 3.84. The SMILES string of the molecule is Cl.Cl.O=[N+]([O-])c1ccc(F)cc1[C@H](C1CCCC1)N1CCNCC1. The Labute approximate surface area is 154 Å². The van der Waals surface area contributed by atoms with Gasteiger partial charge in [-0.1, -0.05) is 12.8 Å². The average molecular weight is 380 g/mol. The van der Waals surface area contributed by atoms with Crippen molar-refractivity contribution in [3.05, 3.63) is 39.7 Å². The molecule has 24 heavy (non-hydrogen) atoms. The van der Waals surface area contributed by atoms with Crippen molar-refractivity contribution >= 4 is 30.5 Å². The van der Waals surface area contributed by atoms with E-state index in [4.69, 9.17) is 0 Å². The minimum Gasteiger partial charge on any atom is -0.314 e. The minimum absolute atomic E-state index is 0. The zero-order valence-corrected chi connectivity index (χ0v) is 15.1. The second-order valence-electron chi connectivity index (χ2n) is 6.24. The molecule has 1 aromatic carbocycles. The lowest BCUT2D eigenvalue weighted by molar-refractivity contribution is -0.386. The van der Waals surface area contributed by atoms with Crippen molar-refractivity contribution in [3.63, 3.8) is 0 Å². The number of piperazine rings is 1. The van der Waals surface area contributed by atoms with E-state index >= 15 is 0 Å². The van der Waals surface area contributed by atoms with E-state index in [1.165, 1.54) is 18.2 Å². The van der Waals surface area contributed by atoms with Gasteiger partial charge in [-0.15, -0.1) is 24.8 Å². The summed E-state index contributed by atoms with van der Waals surface area (Å²) in [6.07, 6.45) is 4.47. The van der Waals surface area contributed by atoms with Crippen LogP contribution in [0.15, 0.2) is 18.2 Å². The van der Waals surface area contributed by atoms with Crippen LogP contribution in [0, 0.1) is 21.8 Å². The average Bonchev–Trinajstić information content (AvgIpc) is 3.02. The first-order valence-electron chi connectivity index (χ1n) is 8.05. The maximum atomic E-state index is 13.8.